The average Bonchev–Trinajstić information content (AvgIpc) is 3.89. The Morgan fingerprint density at radius 1 is 0.667 bits per heavy atom. The molecule has 0 amide bonds. The van der Waals surface area contributed by atoms with E-state index < -0.39 is 0 Å². The van der Waals surface area contributed by atoms with Crippen LogP contribution in [0.1, 0.15) is 11.1 Å². The molecular formula is C31H36O8. The van der Waals surface area contributed by atoms with Crippen LogP contribution in [0.2, 0.25) is 0 Å². The molecule has 2 fully saturated rings. The Labute approximate surface area is 230 Å². The van der Waals surface area contributed by atoms with E-state index in [1.807, 2.05) is 24.3 Å². The Bertz CT molecular complexity index is 962. The molecule has 2 aliphatic rings. The van der Waals surface area contributed by atoms with Gasteiger partial charge in [-0.1, -0.05) is 36.1 Å². The van der Waals surface area contributed by atoms with Crippen LogP contribution in [0.5, 0.6) is 11.5 Å². The lowest BCUT2D eigenvalue weighted by molar-refractivity contribution is -0.0355. The summed E-state index contributed by atoms with van der Waals surface area (Å²) in [4.78, 5) is 0. The molecular weight excluding hydrogens is 500 g/mol. The summed E-state index contributed by atoms with van der Waals surface area (Å²) in [6.07, 6.45) is 11.2. The van der Waals surface area contributed by atoms with Crippen molar-refractivity contribution in [1.29, 1.82) is 0 Å². The molecule has 2 aromatic rings. The van der Waals surface area contributed by atoms with Crippen molar-refractivity contribution < 1.29 is 37.9 Å². The molecule has 2 saturated heterocycles. The molecule has 2 heterocycles. The molecule has 8 nitrogen and oxygen atoms in total. The third-order valence-corrected chi connectivity index (χ3v) is 5.95. The van der Waals surface area contributed by atoms with Crippen molar-refractivity contribution in [2.24, 2.45) is 0 Å². The molecule has 0 aliphatic carbocycles. The lowest BCUT2D eigenvalue weighted by atomic mass is 10.0. The largest absolute Gasteiger partial charge is 0.491 e. The quantitative estimate of drug-likeness (QED) is 0.145. The number of hydrogen-bond acceptors (Lipinski definition) is 8. The van der Waals surface area contributed by atoms with Gasteiger partial charge in [0.05, 0.1) is 39.6 Å². The molecule has 4 rings (SSSR count). The normalized spacial score (nSPS) is 18.9. The van der Waals surface area contributed by atoms with Gasteiger partial charge in [0.1, 0.15) is 62.3 Å². The molecule has 2 aliphatic heterocycles. The van der Waals surface area contributed by atoms with Crippen LogP contribution in [0.4, 0.5) is 0 Å². The van der Waals surface area contributed by atoms with Gasteiger partial charge in [0.2, 0.25) is 0 Å². The summed E-state index contributed by atoms with van der Waals surface area (Å²) in [5, 5.41) is 0. The minimum absolute atomic E-state index is 0.178. The van der Waals surface area contributed by atoms with Gasteiger partial charge >= 0.3 is 0 Å². The number of hydrogen-bond donors (Lipinski definition) is 0. The summed E-state index contributed by atoms with van der Waals surface area (Å²) >= 11 is 0. The molecule has 0 radical (unpaired) electrons. The van der Waals surface area contributed by atoms with E-state index in [0.717, 1.165) is 31.1 Å². The molecule has 0 N–H and O–H groups in total. The minimum atomic E-state index is -0.215. The molecule has 8 heteroatoms. The molecule has 2 aromatic carbocycles. The second kappa shape index (κ2) is 16.1. The predicted octanol–water partition coefficient (Wildman–Crippen LogP) is 2.90. The summed E-state index contributed by atoms with van der Waals surface area (Å²) in [5.74, 6) is 6.47. The lowest BCUT2D eigenvalue weighted by Crippen LogP contribution is -2.29. The smallest absolute Gasteiger partial charge is 0.119 e. The van der Waals surface area contributed by atoms with Gasteiger partial charge in [-0.15, -0.1) is 12.8 Å². The second-order valence-corrected chi connectivity index (χ2v) is 9.35. The Hall–Kier alpha value is -3.08. The minimum Gasteiger partial charge on any atom is -0.491 e. The molecule has 208 valence electrons. The van der Waals surface area contributed by atoms with Crippen LogP contribution in [-0.2, 0) is 34.8 Å². The molecule has 4 unspecified atom stereocenters. The van der Waals surface area contributed by atoms with Crippen LogP contribution in [0.25, 0.3) is 0 Å². The van der Waals surface area contributed by atoms with Crippen molar-refractivity contribution in [3.05, 3.63) is 59.7 Å². The number of terminal acetylenes is 2. The van der Waals surface area contributed by atoms with Crippen molar-refractivity contribution in [3.63, 3.8) is 0 Å². The first-order chi connectivity index (χ1) is 19.2. The third-order valence-electron chi connectivity index (χ3n) is 5.95. The fourth-order valence-electron chi connectivity index (χ4n) is 3.62. The summed E-state index contributed by atoms with van der Waals surface area (Å²) in [6.45, 7) is 4.51. The van der Waals surface area contributed by atoms with Crippen LogP contribution in [-0.4, -0.2) is 90.5 Å². The number of epoxide rings is 2. The van der Waals surface area contributed by atoms with Crippen molar-refractivity contribution in [2.75, 3.05) is 66.1 Å². The molecule has 0 bridgehead atoms. The fourth-order valence-corrected chi connectivity index (χ4v) is 3.62. The zero-order chi connectivity index (χ0) is 27.1. The number of benzene rings is 2. The standard InChI is InChI=1S/C31H36O8/c1-3-13-32-16-28(36-20-30-22-38-30)18-34-26-9-5-24(6-10-26)15-25-7-11-27(12-8-25)35-19-29(17-33-14-4-2)37-21-31-23-39-31/h1-2,5-12,28-31H,13-23H2. The highest BCUT2D eigenvalue weighted by Crippen LogP contribution is 2.19. The summed E-state index contributed by atoms with van der Waals surface area (Å²) in [6, 6.07) is 16.1. The van der Waals surface area contributed by atoms with E-state index in [1.54, 1.807) is 0 Å². The monoisotopic (exact) mass is 536 g/mol. The SMILES string of the molecule is C#CCOCC(COc1ccc(Cc2ccc(OCC(COCC#C)OCC3CO3)cc2)cc1)OCC1CO1. The van der Waals surface area contributed by atoms with E-state index in [4.69, 9.17) is 50.7 Å². The van der Waals surface area contributed by atoms with Gasteiger partial charge in [0.15, 0.2) is 0 Å². The maximum atomic E-state index is 5.93. The topological polar surface area (TPSA) is 80.4 Å². The summed E-state index contributed by atoms with van der Waals surface area (Å²) < 4.78 is 44.8. The highest BCUT2D eigenvalue weighted by molar-refractivity contribution is 5.34. The van der Waals surface area contributed by atoms with Gasteiger partial charge in [-0.25, -0.2) is 0 Å². The predicted molar refractivity (Wildman–Crippen MR) is 145 cm³/mol. The Morgan fingerprint density at radius 2 is 1.08 bits per heavy atom. The Morgan fingerprint density at radius 3 is 1.44 bits per heavy atom. The zero-order valence-corrected chi connectivity index (χ0v) is 22.1. The van der Waals surface area contributed by atoms with E-state index in [1.165, 1.54) is 11.1 Å². The lowest BCUT2D eigenvalue weighted by Gasteiger charge is -2.18. The van der Waals surface area contributed by atoms with Crippen molar-refractivity contribution in [2.45, 2.75) is 30.8 Å². The number of rotatable bonds is 20. The first kappa shape index (κ1) is 28.9. The molecule has 39 heavy (non-hydrogen) atoms. The highest BCUT2D eigenvalue weighted by atomic mass is 16.6. The summed E-state index contributed by atoms with van der Waals surface area (Å²) in [7, 11) is 0. The van der Waals surface area contributed by atoms with Crippen LogP contribution in [0, 0.1) is 24.7 Å². The van der Waals surface area contributed by atoms with Crippen LogP contribution < -0.4 is 9.47 Å². The van der Waals surface area contributed by atoms with E-state index in [9.17, 15) is 0 Å². The van der Waals surface area contributed by atoms with Gasteiger partial charge in [0.25, 0.3) is 0 Å². The summed E-state index contributed by atoms with van der Waals surface area (Å²) in [5.41, 5.74) is 2.35. The Balaban J connectivity index is 1.19. The second-order valence-electron chi connectivity index (χ2n) is 9.35. The number of ether oxygens (including phenoxy) is 8. The van der Waals surface area contributed by atoms with E-state index in [-0.39, 0.29) is 37.6 Å². The van der Waals surface area contributed by atoms with Gasteiger partial charge in [0, 0.05) is 0 Å². The third kappa shape index (κ3) is 11.7. The van der Waals surface area contributed by atoms with E-state index in [2.05, 4.69) is 36.1 Å². The van der Waals surface area contributed by atoms with Crippen LogP contribution in [0.15, 0.2) is 48.5 Å². The van der Waals surface area contributed by atoms with Crippen molar-refractivity contribution in [3.8, 4) is 36.2 Å². The van der Waals surface area contributed by atoms with Crippen LogP contribution in [0.3, 0.4) is 0 Å². The Kier molecular flexibility index (Phi) is 12.0. The van der Waals surface area contributed by atoms with E-state index >= 15 is 0 Å². The average molecular weight is 537 g/mol. The highest BCUT2D eigenvalue weighted by Gasteiger charge is 2.25. The fraction of sp³-hybridized carbons (Fsp3) is 0.484. The van der Waals surface area contributed by atoms with Crippen molar-refractivity contribution >= 4 is 0 Å². The molecule has 4 atom stereocenters. The molecule has 0 saturated carbocycles. The molecule has 0 aromatic heterocycles. The van der Waals surface area contributed by atoms with Gasteiger partial charge in [-0.2, -0.15) is 0 Å². The maximum absolute atomic E-state index is 5.93. The van der Waals surface area contributed by atoms with E-state index in [0.29, 0.717) is 39.6 Å². The first-order valence-corrected chi connectivity index (χ1v) is 13.1. The maximum Gasteiger partial charge on any atom is 0.119 e. The van der Waals surface area contributed by atoms with Crippen molar-refractivity contribution in [1.82, 2.24) is 0 Å². The van der Waals surface area contributed by atoms with Gasteiger partial charge < -0.3 is 37.9 Å². The van der Waals surface area contributed by atoms with Gasteiger partial charge in [-0.3, -0.25) is 0 Å². The van der Waals surface area contributed by atoms with Crippen LogP contribution >= 0.6 is 0 Å². The molecule has 0 spiro atoms. The zero-order valence-electron chi connectivity index (χ0n) is 22.1. The first-order valence-electron chi connectivity index (χ1n) is 13.1. The van der Waals surface area contributed by atoms with Gasteiger partial charge in [-0.05, 0) is 41.8 Å².